The Kier molecular flexibility index (Phi) is 6.38. The molecule has 1 atom stereocenters. The molecule has 2 amide bonds. The smallest absolute Gasteiger partial charge is 0.261 e. The van der Waals surface area contributed by atoms with E-state index in [2.05, 4.69) is 34.1 Å². The number of piperazine rings is 1. The van der Waals surface area contributed by atoms with Crippen molar-refractivity contribution in [2.24, 2.45) is 0 Å². The molecule has 156 valence electrons. The fourth-order valence-electron chi connectivity index (χ4n) is 4.03. The highest BCUT2D eigenvalue weighted by molar-refractivity contribution is 6.21. The maximum absolute atomic E-state index is 12.4. The number of benzene rings is 2. The Bertz CT molecular complexity index is 885. The van der Waals surface area contributed by atoms with Gasteiger partial charge in [-0.1, -0.05) is 54.6 Å². The number of aliphatic hydroxyl groups is 1. The van der Waals surface area contributed by atoms with Crippen LogP contribution in [0.3, 0.4) is 0 Å². The molecule has 6 heteroatoms. The number of β-amino-alcohol motifs (C(OH)–C–C–N with tert-alkyl or cyclic N) is 1. The summed E-state index contributed by atoms with van der Waals surface area (Å²) in [6.07, 6.45) is 3.57. The van der Waals surface area contributed by atoms with Gasteiger partial charge in [-0.15, -0.1) is 0 Å². The van der Waals surface area contributed by atoms with Crippen LogP contribution < -0.4 is 0 Å². The molecule has 2 heterocycles. The minimum atomic E-state index is -0.753. The lowest BCUT2D eigenvalue weighted by Gasteiger charge is -2.35. The molecule has 1 N–H and O–H groups in total. The first-order valence-corrected chi connectivity index (χ1v) is 10.4. The number of carbonyl (C=O) groups is 2. The number of imide groups is 1. The van der Waals surface area contributed by atoms with Gasteiger partial charge in [0.05, 0.1) is 23.8 Å². The molecule has 2 aliphatic rings. The lowest BCUT2D eigenvalue weighted by molar-refractivity contribution is 0.0409. The summed E-state index contributed by atoms with van der Waals surface area (Å²) in [4.78, 5) is 30.6. The Morgan fingerprint density at radius 1 is 0.800 bits per heavy atom. The summed E-state index contributed by atoms with van der Waals surface area (Å²) in [6, 6.07) is 17.1. The van der Waals surface area contributed by atoms with Crippen molar-refractivity contribution in [1.29, 1.82) is 0 Å². The molecule has 0 aromatic heterocycles. The average Bonchev–Trinajstić information content (AvgIpc) is 3.01. The highest BCUT2D eigenvalue weighted by atomic mass is 16.3. The molecule has 2 aromatic rings. The van der Waals surface area contributed by atoms with E-state index in [1.165, 1.54) is 10.5 Å². The lowest BCUT2D eigenvalue weighted by Crippen LogP contribution is -2.50. The third kappa shape index (κ3) is 4.67. The molecule has 0 spiro atoms. The van der Waals surface area contributed by atoms with Gasteiger partial charge in [-0.25, -0.2) is 0 Å². The summed E-state index contributed by atoms with van der Waals surface area (Å²) >= 11 is 0. The molecule has 6 nitrogen and oxygen atoms in total. The molecule has 1 saturated heterocycles. The number of nitrogens with zero attached hydrogens (tertiary/aromatic N) is 3. The molecule has 0 saturated carbocycles. The minimum absolute atomic E-state index is 0.0341. The Morgan fingerprint density at radius 3 is 2.00 bits per heavy atom. The van der Waals surface area contributed by atoms with E-state index in [0.717, 1.165) is 32.7 Å². The van der Waals surface area contributed by atoms with Crippen LogP contribution in [0.15, 0.2) is 60.7 Å². The molecule has 4 rings (SSSR count). The monoisotopic (exact) mass is 405 g/mol. The van der Waals surface area contributed by atoms with Crippen molar-refractivity contribution in [3.05, 3.63) is 77.4 Å². The van der Waals surface area contributed by atoms with E-state index >= 15 is 0 Å². The maximum atomic E-state index is 12.4. The second-order valence-corrected chi connectivity index (χ2v) is 7.83. The Morgan fingerprint density at radius 2 is 1.37 bits per heavy atom. The third-order valence-corrected chi connectivity index (χ3v) is 5.68. The van der Waals surface area contributed by atoms with E-state index in [9.17, 15) is 14.7 Å². The first-order chi connectivity index (χ1) is 14.6. The van der Waals surface area contributed by atoms with Gasteiger partial charge in [-0.2, -0.15) is 0 Å². The fraction of sp³-hybridized carbons (Fsp3) is 0.333. The zero-order valence-electron chi connectivity index (χ0n) is 17.0. The minimum Gasteiger partial charge on any atom is -0.390 e. The van der Waals surface area contributed by atoms with Crippen LogP contribution in [-0.2, 0) is 0 Å². The van der Waals surface area contributed by atoms with Gasteiger partial charge >= 0.3 is 0 Å². The zero-order valence-corrected chi connectivity index (χ0v) is 17.0. The van der Waals surface area contributed by atoms with E-state index in [4.69, 9.17) is 0 Å². The van der Waals surface area contributed by atoms with Gasteiger partial charge in [-0.05, 0) is 17.7 Å². The number of aliphatic hydroxyl groups excluding tert-OH is 1. The van der Waals surface area contributed by atoms with E-state index < -0.39 is 6.10 Å². The van der Waals surface area contributed by atoms with E-state index in [1.807, 2.05) is 18.2 Å². The van der Waals surface area contributed by atoms with Crippen LogP contribution in [0, 0.1) is 0 Å². The summed E-state index contributed by atoms with van der Waals surface area (Å²) in [5, 5.41) is 10.5. The SMILES string of the molecule is O=C1c2ccccc2C(=O)N1CC(O)CN1CCN(CC=Cc2ccccc2)CC1. The summed E-state index contributed by atoms with van der Waals surface area (Å²) in [6.45, 7) is 4.97. The van der Waals surface area contributed by atoms with Crippen LogP contribution in [-0.4, -0.2) is 83.5 Å². The predicted molar refractivity (Wildman–Crippen MR) is 116 cm³/mol. The third-order valence-electron chi connectivity index (χ3n) is 5.68. The number of amides is 2. The zero-order chi connectivity index (χ0) is 20.9. The fourth-order valence-corrected chi connectivity index (χ4v) is 4.03. The van der Waals surface area contributed by atoms with Gasteiger partial charge in [0.15, 0.2) is 0 Å². The molecule has 0 bridgehead atoms. The largest absolute Gasteiger partial charge is 0.390 e. The van der Waals surface area contributed by atoms with Crippen LogP contribution in [0.2, 0.25) is 0 Å². The maximum Gasteiger partial charge on any atom is 0.261 e. The van der Waals surface area contributed by atoms with Crippen LogP contribution in [0.4, 0.5) is 0 Å². The van der Waals surface area contributed by atoms with Gasteiger partial charge in [0, 0.05) is 39.3 Å². The highest BCUT2D eigenvalue weighted by Crippen LogP contribution is 2.22. The molecular formula is C24H27N3O3. The van der Waals surface area contributed by atoms with Gasteiger partial charge in [0.1, 0.15) is 0 Å². The standard InChI is InChI=1S/C24H27N3O3/c28-20(18-27-23(29)21-10-4-5-11-22(21)24(27)30)17-26-15-13-25(14-16-26)12-6-9-19-7-2-1-3-8-19/h1-11,20,28H,12-18H2. The Balaban J connectivity index is 1.21. The van der Waals surface area contributed by atoms with Crippen molar-refractivity contribution in [3.8, 4) is 0 Å². The van der Waals surface area contributed by atoms with Gasteiger partial charge in [-0.3, -0.25) is 24.3 Å². The van der Waals surface area contributed by atoms with Crippen molar-refractivity contribution in [2.75, 3.05) is 45.8 Å². The number of hydrogen-bond acceptors (Lipinski definition) is 5. The molecular weight excluding hydrogens is 378 g/mol. The first kappa shape index (κ1) is 20.5. The van der Waals surface area contributed by atoms with E-state index in [0.29, 0.717) is 17.7 Å². The second kappa shape index (κ2) is 9.34. The molecule has 1 unspecified atom stereocenters. The summed E-state index contributed by atoms with van der Waals surface area (Å²) in [5.41, 5.74) is 2.05. The van der Waals surface area contributed by atoms with Crippen molar-refractivity contribution >= 4 is 17.9 Å². The predicted octanol–water partition coefficient (Wildman–Crippen LogP) is 1.97. The molecule has 0 aliphatic carbocycles. The van der Waals surface area contributed by atoms with Crippen LogP contribution >= 0.6 is 0 Å². The Hall–Kier alpha value is -2.80. The van der Waals surface area contributed by atoms with Crippen molar-refractivity contribution in [3.63, 3.8) is 0 Å². The normalized spacial score (nSPS) is 18.9. The average molecular weight is 405 g/mol. The molecule has 2 aromatic carbocycles. The highest BCUT2D eigenvalue weighted by Gasteiger charge is 2.36. The van der Waals surface area contributed by atoms with Crippen LogP contribution in [0.25, 0.3) is 6.08 Å². The number of hydrogen-bond donors (Lipinski definition) is 1. The summed E-state index contributed by atoms with van der Waals surface area (Å²) in [7, 11) is 0. The molecule has 1 fully saturated rings. The summed E-state index contributed by atoms with van der Waals surface area (Å²) < 4.78 is 0. The Labute approximate surface area is 177 Å². The quantitative estimate of drug-likeness (QED) is 0.714. The van der Waals surface area contributed by atoms with E-state index in [-0.39, 0.29) is 18.4 Å². The first-order valence-electron chi connectivity index (χ1n) is 10.4. The van der Waals surface area contributed by atoms with Crippen molar-refractivity contribution in [2.45, 2.75) is 6.10 Å². The second-order valence-electron chi connectivity index (χ2n) is 7.83. The number of carbonyl (C=O) groups excluding carboxylic acids is 2. The summed E-state index contributed by atoms with van der Waals surface area (Å²) in [5.74, 6) is -0.630. The molecule has 2 aliphatic heterocycles. The molecule has 0 radical (unpaired) electrons. The van der Waals surface area contributed by atoms with Crippen LogP contribution in [0.5, 0.6) is 0 Å². The van der Waals surface area contributed by atoms with Gasteiger partial charge in [0.25, 0.3) is 11.8 Å². The van der Waals surface area contributed by atoms with Gasteiger partial charge < -0.3 is 5.11 Å². The van der Waals surface area contributed by atoms with Crippen LogP contribution in [0.1, 0.15) is 26.3 Å². The van der Waals surface area contributed by atoms with E-state index in [1.54, 1.807) is 24.3 Å². The number of rotatable bonds is 7. The number of fused-ring (bicyclic) bond motifs is 1. The van der Waals surface area contributed by atoms with Gasteiger partial charge in [0.2, 0.25) is 0 Å². The lowest BCUT2D eigenvalue weighted by atomic mass is 10.1. The van der Waals surface area contributed by atoms with Crippen molar-refractivity contribution in [1.82, 2.24) is 14.7 Å². The van der Waals surface area contributed by atoms with Crippen molar-refractivity contribution < 1.29 is 14.7 Å². The molecule has 30 heavy (non-hydrogen) atoms. The topological polar surface area (TPSA) is 64.1 Å².